The Labute approximate surface area is 83.7 Å². The van der Waals surface area contributed by atoms with E-state index in [-0.39, 0.29) is 6.04 Å². The minimum absolute atomic E-state index is 0.277. The van der Waals surface area contributed by atoms with Crippen LogP contribution < -0.4 is 5.73 Å². The fourth-order valence-corrected chi connectivity index (χ4v) is 1.70. The van der Waals surface area contributed by atoms with Gasteiger partial charge in [-0.25, -0.2) is 0 Å². The second-order valence-corrected chi connectivity index (χ2v) is 3.98. The van der Waals surface area contributed by atoms with Crippen molar-refractivity contribution in [1.29, 1.82) is 0 Å². The van der Waals surface area contributed by atoms with Crippen LogP contribution in [-0.4, -0.2) is 5.75 Å². The van der Waals surface area contributed by atoms with Gasteiger partial charge in [-0.1, -0.05) is 25.0 Å². The first-order valence-corrected chi connectivity index (χ1v) is 5.21. The Morgan fingerprint density at radius 2 is 2.08 bits per heavy atom. The number of rotatable bonds is 3. The molecule has 0 saturated heterocycles. The van der Waals surface area contributed by atoms with E-state index in [0.29, 0.717) is 0 Å². The van der Waals surface area contributed by atoms with Crippen molar-refractivity contribution >= 4 is 11.8 Å². The first-order chi connectivity index (χ1) is 6.27. The average molecular weight is 191 g/mol. The maximum Gasteiger partial charge on any atom is 0.0918 e. The van der Waals surface area contributed by atoms with Gasteiger partial charge in [-0.2, -0.15) is 0 Å². The van der Waals surface area contributed by atoms with Crippen LogP contribution in [0.2, 0.25) is 0 Å². The fourth-order valence-electron chi connectivity index (χ4n) is 1.03. The third-order valence-corrected chi connectivity index (χ3v) is 2.62. The number of thioether (sulfide) groups is 1. The monoisotopic (exact) mass is 191 g/mol. The highest BCUT2D eigenvalue weighted by molar-refractivity contribution is 7.99. The van der Waals surface area contributed by atoms with E-state index in [9.17, 15) is 0 Å². The summed E-state index contributed by atoms with van der Waals surface area (Å²) in [5, 5.41) is 0. The van der Waals surface area contributed by atoms with Gasteiger partial charge in [-0.05, 0) is 23.4 Å². The molecular weight excluding hydrogens is 178 g/mol. The smallest absolute Gasteiger partial charge is 0.0918 e. The van der Waals surface area contributed by atoms with Gasteiger partial charge in [0.2, 0.25) is 0 Å². The normalized spacial score (nSPS) is 12.1. The van der Waals surface area contributed by atoms with Crippen LogP contribution in [-0.2, 0) is 0 Å². The SMILES string of the molecule is C#CC(N)c1ccc(SCC)cc1. The third-order valence-electron chi connectivity index (χ3n) is 1.73. The Kier molecular flexibility index (Phi) is 3.88. The average Bonchev–Trinajstić information content (AvgIpc) is 2.18. The van der Waals surface area contributed by atoms with Crippen LogP contribution in [0.25, 0.3) is 0 Å². The molecule has 13 heavy (non-hydrogen) atoms. The molecule has 0 aromatic heterocycles. The molecular formula is C11H13NS. The van der Waals surface area contributed by atoms with Gasteiger partial charge in [-0.3, -0.25) is 0 Å². The maximum absolute atomic E-state index is 5.68. The van der Waals surface area contributed by atoms with Gasteiger partial charge in [0.1, 0.15) is 0 Å². The molecule has 0 aliphatic heterocycles. The molecule has 0 aliphatic carbocycles. The molecule has 0 aliphatic rings. The Morgan fingerprint density at radius 3 is 2.54 bits per heavy atom. The van der Waals surface area contributed by atoms with E-state index in [0.717, 1.165) is 11.3 Å². The zero-order valence-electron chi connectivity index (χ0n) is 7.66. The number of hydrogen-bond donors (Lipinski definition) is 1. The highest BCUT2D eigenvalue weighted by Gasteiger charge is 2.00. The van der Waals surface area contributed by atoms with Gasteiger partial charge in [0.15, 0.2) is 0 Å². The largest absolute Gasteiger partial charge is 0.314 e. The van der Waals surface area contributed by atoms with Crippen molar-refractivity contribution in [2.75, 3.05) is 5.75 Å². The Morgan fingerprint density at radius 1 is 1.46 bits per heavy atom. The Bertz CT molecular complexity index is 297. The van der Waals surface area contributed by atoms with Gasteiger partial charge in [0, 0.05) is 4.90 Å². The predicted octanol–water partition coefficient (Wildman–Crippen LogP) is 2.43. The molecule has 68 valence electrons. The molecule has 0 heterocycles. The summed E-state index contributed by atoms with van der Waals surface area (Å²) in [6.07, 6.45) is 5.22. The molecule has 0 bridgehead atoms. The third kappa shape index (κ3) is 2.80. The highest BCUT2D eigenvalue weighted by Crippen LogP contribution is 2.19. The molecule has 1 aromatic carbocycles. The molecule has 0 fully saturated rings. The lowest BCUT2D eigenvalue weighted by Gasteiger charge is -2.05. The molecule has 0 spiro atoms. The lowest BCUT2D eigenvalue weighted by atomic mass is 10.1. The van der Waals surface area contributed by atoms with E-state index < -0.39 is 0 Å². The molecule has 0 saturated carbocycles. The van der Waals surface area contributed by atoms with Crippen LogP contribution in [0, 0.1) is 12.3 Å². The van der Waals surface area contributed by atoms with E-state index in [4.69, 9.17) is 12.2 Å². The zero-order chi connectivity index (χ0) is 9.68. The highest BCUT2D eigenvalue weighted by atomic mass is 32.2. The molecule has 1 rings (SSSR count). The van der Waals surface area contributed by atoms with Gasteiger partial charge in [0.05, 0.1) is 6.04 Å². The number of hydrogen-bond acceptors (Lipinski definition) is 2. The summed E-state index contributed by atoms with van der Waals surface area (Å²) >= 11 is 1.81. The van der Waals surface area contributed by atoms with Gasteiger partial charge >= 0.3 is 0 Å². The van der Waals surface area contributed by atoms with Crippen LogP contribution >= 0.6 is 11.8 Å². The zero-order valence-corrected chi connectivity index (χ0v) is 8.47. The lowest BCUT2D eigenvalue weighted by molar-refractivity contribution is 0.943. The van der Waals surface area contributed by atoms with Gasteiger partial charge < -0.3 is 5.73 Å². The van der Waals surface area contributed by atoms with Crippen LogP contribution in [0.3, 0.4) is 0 Å². The van der Waals surface area contributed by atoms with E-state index in [1.165, 1.54) is 4.90 Å². The maximum atomic E-state index is 5.68. The summed E-state index contributed by atoms with van der Waals surface area (Å²) in [6, 6.07) is 7.81. The van der Waals surface area contributed by atoms with Crippen LogP contribution in [0.15, 0.2) is 29.2 Å². The van der Waals surface area contributed by atoms with E-state index in [1.807, 2.05) is 23.9 Å². The first kappa shape index (κ1) is 10.2. The van der Waals surface area contributed by atoms with Crippen molar-refractivity contribution in [1.82, 2.24) is 0 Å². The van der Waals surface area contributed by atoms with Crippen molar-refractivity contribution in [3.8, 4) is 12.3 Å². The van der Waals surface area contributed by atoms with Crippen molar-refractivity contribution < 1.29 is 0 Å². The Balaban J connectivity index is 2.76. The summed E-state index contributed by atoms with van der Waals surface area (Å²) in [6.45, 7) is 2.13. The van der Waals surface area contributed by atoms with E-state index in [2.05, 4.69) is 25.0 Å². The summed E-state index contributed by atoms with van der Waals surface area (Å²) in [4.78, 5) is 1.26. The summed E-state index contributed by atoms with van der Waals surface area (Å²) < 4.78 is 0. The standard InChI is InChI=1S/C11H13NS/c1-3-11(12)9-5-7-10(8-6-9)13-4-2/h1,5-8,11H,4,12H2,2H3. The van der Waals surface area contributed by atoms with Crippen LogP contribution in [0.5, 0.6) is 0 Å². The molecule has 0 radical (unpaired) electrons. The number of benzene rings is 1. The minimum atomic E-state index is -0.277. The number of nitrogens with two attached hydrogens (primary N) is 1. The fraction of sp³-hybridized carbons (Fsp3) is 0.273. The molecule has 1 aromatic rings. The molecule has 1 atom stereocenters. The summed E-state index contributed by atoms with van der Waals surface area (Å²) in [5.74, 6) is 3.59. The second kappa shape index (κ2) is 4.96. The van der Waals surface area contributed by atoms with Crippen molar-refractivity contribution in [2.24, 2.45) is 5.73 Å². The Hall–Kier alpha value is -0.910. The van der Waals surface area contributed by atoms with Crippen molar-refractivity contribution in [3.63, 3.8) is 0 Å². The van der Waals surface area contributed by atoms with Crippen LogP contribution in [0.4, 0.5) is 0 Å². The van der Waals surface area contributed by atoms with Crippen LogP contribution in [0.1, 0.15) is 18.5 Å². The lowest BCUT2D eigenvalue weighted by Crippen LogP contribution is -2.06. The summed E-state index contributed by atoms with van der Waals surface area (Å²) in [5.41, 5.74) is 6.68. The topological polar surface area (TPSA) is 26.0 Å². The molecule has 2 N–H and O–H groups in total. The van der Waals surface area contributed by atoms with Gasteiger partial charge in [0.25, 0.3) is 0 Å². The second-order valence-electron chi connectivity index (χ2n) is 2.65. The molecule has 1 unspecified atom stereocenters. The van der Waals surface area contributed by atoms with E-state index >= 15 is 0 Å². The van der Waals surface area contributed by atoms with E-state index in [1.54, 1.807) is 0 Å². The molecule has 2 heteroatoms. The van der Waals surface area contributed by atoms with Crippen molar-refractivity contribution in [2.45, 2.75) is 17.9 Å². The van der Waals surface area contributed by atoms with Crippen molar-refractivity contribution in [3.05, 3.63) is 29.8 Å². The predicted molar refractivity (Wildman–Crippen MR) is 58.6 cm³/mol. The first-order valence-electron chi connectivity index (χ1n) is 4.22. The quantitative estimate of drug-likeness (QED) is 0.586. The molecule has 0 amide bonds. The van der Waals surface area contributed by atoms with Gasteiger partial charge in [-0.15, -0.1) is 18.2 Å². The minimum Gasteiger partial charge on any atom is -0.314 e. The number of terminal acetylenes is 1. The molecule has 1 nitrogen and oxygen atoms in total. The summed E-state index contributed by atoms with van der Waals surface area (Å²) in [7, 11) is 0.